The van der Waals surface area contributed by atoms with Gasteiger partial charge in [0.25, 0.3) is 0 Å². The van der Waals surface area contributed by atoms with E-state index in [-0.39, 0.29) is 6.09 Å². The molecule has 1 heterocycles. The number of likely N-dealkylation sites (tertiary alicyclic amines) is 1. The van der Waals surface area contributed by atoms with Crippen LogP contribution in [0.5, 0.6) is 0 Å². The molecular formula is C13H17NO2. The molecule has 0 aromatic heterocycles. The van der Waals surface area contributed by atoms with E-state index in [1.54, 1.807) is 4.90 Å². The molecule has 3 nitrogen and oxygen atoms in total. The summed E-state index contributed by atoms with van der Waals surface area (Å²) < 4.78 is 5.26. The smallest absolute Gasteiger partial charge is 0.410 e. The summed E-state index contributed by atoms with van der Waals surface area (Å²) in [4.78, 5) is 13.4. The van der Waals surface area contributed by atoms with E-state index in [0.717, 1.165) is 37.9 Å². The van der Waals surface area contributed by atoms with Crippen molar-refractivity contribution in [3.63, 3.8) is 0 Å². The van der Waals surface area contributed by atoms with Crippen LogP contribution in [0.15, 0.2) is 36.0 Å². The van der Waals surface area contributed by atoms with Crippen LogP contribution >= 0.6 is 0 Å². The minimum absolute atomic E-state index is 0.177. The third-order valence-corrected chi connectivity index (χ3v) is 2.80. The molecule has 1 aliphatic heterocycles. The van der Waals surface area contributed by atoms with E-state index in [9.17, 15) is 4.79 Å². The van der Waals surface area contributed by atoms with Gasteiger partial charge in [0.05, 0.1) is 0 Å². The highest BCUT2D eigenvalue weighted by Crippen LogP contribution is 2.11. The van der Waals surface area contributed by atoms with Crippen LogP contribution in [0, 0.1) is 0 Å². The van der Waals surface area contributed by atoms with E-state index < -0.39 is 0 Å². The standard InChI is InChI=1S/C13H17NO2/c15-13(14-9-5-6-10-14)16-11-12-7-3-1-2-4-8-12/h1-3,7-8H,4-6,9-11H2. The number of rotatable bonds is 2. The lowest BCUT2D eigenvalue weighted by Gasteiger charge is -2.15. The number of ether oxygens (including phenoxy) is 1. The first-order valence-electron chi connectivity index (χ1n) is 5.80. The fraction of sp³-hybridized carbons (Fsp3) is 0.462. The predicted molar refractivity (Wildman–Crippen MR) is 63.1 cm³/mol. The SMILES string of the molecule is O=C(OCC1=CCC=CC=C1)N1CCCC1. The number of nitrogens with zero attached hydrogens (tertiary/aromatic N) is 1. The molecule has 1 aliphatic carbocycles. The molecule has 1 amide bonds. The normalized spacial score (nSPS) is 19.5. The van der Waals surface area contributed by atoms with Crippen molar-refractivity contribution in [2.75, 3.05) is 19.7 Å². The van der Waals surface area contributed by atoms with Gasteiger partial charge >= 0.3 is 6.09 Å². The monoisotopic (exact) mass is 219 g/mol. The van der Waals surface area contributed by atoms with Gasteiger partial charge in [-0.05, 0) is 24.8 Å². The van der Waals surface area contributed by atoms with Crippen LogP contribution in [-0.4, -0.2) is 30.7 Å². The molecule has 0 aromatic carbocycles. The van der Waals surface area contributed by atoms with Gasteiger partial charge in [0.2, 0.25) is 0 Å². The Morgan fingerprint density at radius 3 is 2.94 bits per heavy atom. The second-order valence-corrected chi connectivity index (χ2v) is 4.05. The first kappa shape index (κ1) is 11.0. The van der Waals surface area contributed by atoms with Crippen molar-refractivity contribution in [2.24, 2.45) is 0 Å². The average molecular weight is 219 g/mol. The van der Waals surface area contributed by atoms with Crippen molar-refractivity contribution in [1.29, 1.82) is 0 Å². The van der Waals surface area contributed by atoms with Gasteiger partial charge < -0.3 is 9.64 Å². The topological polar surface area (TPSA) is 29.5 Å². The van der Waals surface area contributed by atoms with Gasteiger partial charge in [0, 0.05) is 13.1 Å². The molecule has 0 unspecified atom stereocenters. The lowest BCUT2D eigenvalue weighted by molar-refractivity contribution is 0.119. The van der Waals surface area contributed by atoms with Gasteiger partial charge in [-0.15, -0.1) is 0 Å². The fourth-order valence-corrected chi connectivity index (χ4v) is 1.87. The van der Waals surface area contributed by atoms with Gasteiger partial charge in [-0.1, -0.05) is 30.4 Å². The molecule has 0 aromatic rings. The Hall–Kier alpha value is -1.51. The Morgan fingerprint density at radius 1 is 1.31 bits per heavy atom. The van der Waals surface area contributed by atoms with Crippen LogP contribution in [0.1, 0.15) is 19.3 Å². The van der Waals surface area contributed by atoms with Crippen molar-refractivity contribution in [1.82, 2.24) is 4.90 Å². The number of carbonyl (C=O) groups is 1. The third-order valence-electron chi connectivity index (χ3n) is 2.80. The van der Waals surface area contributed by atoms with Gasteiger partial charge in [0.15, 0.2) is 0 Å². The van der Waals surface area contributed by atoms with Crippen LogP contribution < -0.4 is 0 Å². The van der Waals surface area contributed by atoms with Crippen molar-refractivity contribution < 1.29 is 9.53 Å². The van der Waals surface area contributed by atoms with Crippen LogP contribution in [0.3, 0.4) is 0 Å². The maximum absolute atomic E-state index is 11.6. The molecular weight excluding hydrogens is 202 g/mol. The Kier molecular flexibility index (Phi) is 3.81. The maximum atomic E-state index is 11.6. The Morgan fingerprint density at radius 2 is 2.12 bits per heavy atom. The minimum atomic E-state index is -0.177. The molecule has 3 heteroatoms. The molecule has 2 rings (SSSR count). The van der Waals surface area contributed by atoms with Crippen molar-refractivity contribution in [2.45, 2.75) is 19.3 Å². The summed E-state index contributed by atoms with van der Waals surface area (Å²) in [5, 5.41) is 0. The molecule has 0 N–H and O–H groups in total. The summed E-state index contributed by atoms with van der Waals surface area (Å²) in [6.07, 6.45) is 13.1. The van der Waals surface area contributed by atoms with Crippen molar-refractivity contribution >= 4 is 6.09 Å². The molecule has 0 spiro atoms. The molecule has 86 valence electrons. The zero-order valence-electron chi connectivity index (χ0n) is 9.39. The van der Waals surface area contributed by atoms with Gasteiger partial charge in [-0.2, -0.15) is 0 Å². The van der Waals surface area contributed by atoms with E-state index in [1.165, 1.54) is 0 Å². The highest BCUT2D eigenvalue weighted by molar-refractivity contribution is 5.68. The first-order valence-corrected chi connectivity index (χ1v) is 5.80. The van der Waals surface area contributed by atoms with Gasteiger partial charge in [0.1, 0.15) is 6.61 Å². The van der Waals surface area contributed by atoms with Crippen LogP contribution in [0.25, 0.3) is 0 Å². The third kappa shape index (κ3) is 2.99. The summed E-state index contributed by atoms with van der Waals surface area (Å²) in [5.41, 5.74) is 1.07. The summed E-state index contributed by atoms with van der Waals surface area (Å²) in [6.45, 7) is 2.07. The Bertz CT molecular complexity index is 336. The van der Waals surface area contributed by atoms with E-state index in [4.69, 9.17) is 4.74 Å². The number of allylic oxidation sites excluding steroid dienone is 4. The highest BCUT2D eigenvalue weighted by Gasteiger charge is 2.18. The second kappa shape index (κ2) is 5.54. The molecule has 1 saturated heterocycles. The maximum Gasteiger partial charge on any atom is 0.410 e. The summed E-state index contributed by atoms with van der Waals surface area (Å²) in [6, 6.07) is 0. The molecule has 2 aliphatic rings. The van der Waals surface area contributed by atoms with Crippen molar-refractivity contribution in [3.8, 4) is 0 Å². The number of hydrogen-bond acceptors (Lipinski definition) is 2. The number of amides is 1. The fourth-order valence-electron chi connectivity index (χ4n) is 1.87. The molecule has 0 radical (unpaired) electrons. The average Bonchev–Trinajstić information content (AvgIpc) is 2.71. The lowest BCUT2D eigenvalue weighted by atomic mass is 10.2. The van der Waals surface area contributed by atoms with Gasteiger partial charge in [-0.25, -0.2) is 4.79 Å². The quantitative estimate of drug-likeness (QED) is 0.714. The molecule has 0 atom stereocenters. The first-order chi connectivity index (χ1) is 7.86. The predicted octanol–water partition coefficient (Wildman–Crippen LogP) is 2.66. The molecule has 1 fully saturated rings. The van der Waals surface area contributed by atoms with E-state index in [0.29, 0.717) is 6.61 Å². The Balaban J connectivity index is 1.78. The number of carbonyl (C=O) groups excluding carboxylic acids is 1. The van der Waals surface area contributed by atoms with Crippen molar-refractivity contribution in [3.05, 3.63) is 36.0 Å². The minimum Gasteiger partial charge on any atom is -0.445 e. The highest BCUT2D eigenvalue weighted by atomic mass is 16.6. The van der Waals surface area contributed by atoms with Crippen LogP contribution in [0.2, 0.25) is 0 Å². The molecule has 0 saturated carbocycles. The van der Waals surface area contributed by atoms with E-state index in [2.05, 4.69) is 12.2 Å². The molecule has 16 heavy (non-hydrogen) atoms. The van der Waals surface area contributed by atoms with Crippen LogP contribution in [-0.2, 0) is 4.74 Å². The zero-order valence-corrected chi connectivity index (χ0v) is 9.39. The summed E-state index contributed by atoms with van der Waals surface area (Å²) >= 11 is 0. The number of hydrogen-bond donors (Lipinski definition) is 0. The summed E-state index contributed by atoms with van der Waals surface area (Å²) in [5.74, 6) is 0. The van der Waals surface area contributed by atoms with Gasteiger partial charge in [-0.3, -0.25) is 0 Å². The largest absolute Gasteiger partial charge is 0.445 e. The Labute approximate surface area is 96.1 Å². The van der Waals surface area contributed by atoms with E-state index in [1.807, 2.05) is 18.2 Å². The zero-order chi connectivity index (χ0) is 11.2. The lowest BCUT2D eigenvalue weighted by Crippen LogP contribution is -2.28. The van der Waals surface area contributed by atoms with Crippen LogP contribution in [0.4, 0.5) is 4.79 Å². The van der Waals surface area contributed by atoms with E-state index >= 15 is 0 Å². The summed E-state index contributed by atoms with van der Waals surface area (Å²) in [7, 11) is 0. The molecule has 0 bridgehead atoms. The second-order valence-electron chi connectivity index (χ2n) is 4.05.